The molecule has 1 aliphatic rings. The van der Waals surface area contributed by atoms with Crippen LogP contribution in [0.3, 0.4) is 0 Å². The number of fused-ring (bicyclic) bond motifs is 3. The maximum atomic E-state index is 13.9. The van der Waals surface area contributed by atoms with Crippen LogP contribution >= 0.6 is 15.9 Å². The summed E-state index contributed by atoms with van der Waals surface area (Å²) < 4.78 is 8.07. The quantitative estimate of drug-likeness (QED) is 0.203. The molecule has 2 atom stereocenters. The van der Waals surface area contributed by atoms with E-state index in [4.69, 9.17) is 9.72 Å². The van der Waals surface area contributed by atoms with Gasteiger partial charge >= 0.3 is 5.97 Å². The summed E-state index contributed by atoms with van der Waals surface area (Å²) in [7, 11) is 0. The number of benzene rings is 3. The minimum absolute atomic E-state index is 0.138. The highest BCUT2D eigenvalue weighted by Crippen LogP contribution is 2.41. The van der Waals surface area contributed by atoms with E-state index in [1.54, 1.807) is 31.2 Å². The molecule has 0 N–H and O–H groups in total. The van der Waals surface area contributed by atoms with Gasteiger partial charge in [0.2, 0.25) is 11.9 Å². The zero-order valence-electron chi connectivity index (χ0n) is 18.9. The Morgan fingerprint density at radius 3 is 2.37 bits per heavy atom. The summed E-state index contributed by atoms with van der Waals surface area (Å²) in [6, 6.07) is 23.1. The lowest BCUT2D eigenvalue weighted by Gasteiger charge is -2.37. The number of carbonyl (C=O) groups excluding carboxylic acids is 3. The number of anilines is 1. The molecule has 3 aromatic carbocycles. The number of hydrogen-bond acceptors (Lipinski definition) is 5. The first kappa shape index (κ1) is 23.0. The maximum absolute atomic E-state index is 13.9. The summed E-state index contributed by atoms with van der Waals surface area (Å²) in [5.41, 5.74) is 2.67. The van der Waals surface area contributed by atoms with Gasteiger partial charge in [0.15, 0.2) is 11.7 Å². The largest absolute Gasteiger partial charge is 0.465 e. The van der Waals surface area contributed by atoms with Crippen molar-refractivity contribution in [3.8, 4) is 0 Å². The van der Waals surface area contributed by atoms with Crippen LogP contribution in [-0.4, -0.2) is 40.4 Å². The molecule has 0 aliphatic carbocycles. The summed E-state index contributed by atoms with van der Waals surface area (Å²) in [5, 5.41) is 0. The lowest BCUT2D eigenvalue weighted by atomic mass is 9.89. The minimum Gasteiger partial charge on any atom is -0.465 e. The fourth-order valence-corrected chi connectivity index (χ4v) is 4.78. The highest BCUT2D eigenvalue weighted by atomic mass is 79.9. The summed E-state index contributed by atoms with van der Waals surface area (Å²) >= 11 is 3.37. The Kier molecular flexibility index (Phi) is 6.21. The van der Waals surface area contributed by atoms with Gasteiger partial charge in [-0.25, -0.2) is 4.98 Å². The third-order valence-electron chi connectivity index (χ3n) is 6.09. The standard InChI is InChI=1S/C27H22BrN3O4/c1-2-35-26(34)23-24(18-8-4-3-5-9-18)31-21-11-7-6-10-20(21)29-27(31)30(25(23)33)16-22(32)17-12-14-19(28)15-13-17/h3-15,23-24H,2,16H2,1H3/t23-,24+/m0/s1. The van der Waals surface area contributed by atoms with Crippen LogP contribution in [0.5, 0.6) is 0 Å². The van der Waals surface area contributed by atoms with Gasteiger partial charge in [-0.05, 0) is 36.8 Å². The fraction of sp³-hybridized carbons (Fsp3) is 0.185. The molecule has 0 radical (unpaired) electrons. The molecule has 2 heterocycles. The van der Waals surface area contributed by atoms with E-state index in [0.717, 1.165) is 15.6 Å². The van der Waals surface area contributed by atoms with Gasteiger partial charge in [-0.3, -0.25) is 19.3 Å². The number of amides is 1. The third kappa shape index (κ3) is 4.14. The fourth-order valence-electron chi connectivity index (χ4n) is 4.52. The smallest absolute Gasteiger partial charge is 0.321 e. The number of imidazole rings is 1. The molecule has 1 aromatic heterocycles. The average molecular weight is 532 g/mol. The second-order valence-corrected chi connectivity index (χ2v) is 9.13. The SMILES string of the molecule is CCOC(=O)[C@@H]1C(=O)N(CC(=O)c2ccc(Br)cc2)c2nc3ccccc3n2[C@@H]1c1ccccc1. The predicted molar refractivity (Wildman–Crippen MR) is 135 cm³/mol. The molecule has 1 amide bonds. The molecule has 0 fully saturated rings. The van der Waals surface area contributed by atoms with E-state index >= 15 is 0 Å². The number of Topliss-reactive ketones (excluding diaryl/α,β-unsaturated/α-hetero) is 1. The number of halogens is 1. The molecule has 35 heavy (non-hydrogen) atoms. The van der Waals surface area contributed by atoms with Gasteiger partial charge < -0.3 is 9.30 Å². The summed E-state index contributed by atoms with van der Waals surface area (Å²) in [4.78, 5) is 46.3. The van der Waals surface area contributed by atoms with Crippen LogP contribution in [-0.2, 0) is 14.3 Å². The first-order chi connectivity index (χ1) is 17.0. The first-order valence-corrected chi connectivity index (χ1v) is 12.1. The molecule has 4 aromatic rings. The van der Waals surface area contributed by atoms with Crippen molar-refractivity contribution < 1.29 is 19.1 Å². The van der Waals surface area contributed by atoms with Crippen molar-refractivity contribution in [3.05, 3.63) is 94.5 Å². The van der Waals surface area contributed by atoms with E-state index in [1.807, 2.05) is 59.2 Å². The van der Waals surface area contributed by atoms with Gasteiger partial charge in [0.25, 0.3) is 0 Å². The third-order valence-corrected chi connectivity index (χ3v) is 6.62. The van der Waals surface area contributed by atoms with Crippen LogP contribution in [0.1, 0.15) is 28.9 Å². The van der Waals surface area contributed by atoms with Gasteiger partial charge in [0.1, 0.15) is 0 Å². The number of hydrogen-bond donors (Lipinski definition) is 0. The average Bonchev–Trinajstić information content (AvgIpc) is 3.25. The lowest BCUT2D eigenvalue weighted by Crippen LogP contribution is -2.51. The topological polar surface area (TPSA) is 81.5 Å². The van der Waals surface area contributed by atoms with Crippen molar-refractivity contribution >= 4 is 50.6 Å². The van der Waals surface area contributed by atoms with E-state index in [-0.39, 0.29) is 18.9 Å². The highest BCUT2D eigenvalue weighted by molar-refractivity contribution is 9.10. The number of nitrogens with zero attached hydrogens (tertiary/aromatic N) is 3. The molecule has 0 unspecified atom stereocenters. The van der Waals surface area contributed by atoms with Crippen molar-refractivity contribution in [2.75, 3.05) is 18.1 Å². The molecular weight excluding hydrogens is 510 g/mol. The first-order valence-electron chi connectivity index (χ1n) is 11.3. The van der Waals surface area contributed by atoms with E-state index in [0.29, 0.717) is 17.0 Å². The van der Waals surface area contributed by atoms with Crippen LogP contribution in [0.25, 0.3) is 11.0 Å². The van der Waals surface area contributed by atoms with Crippen LogP contribution < -0.4 is 4.90 Å². The normalized spacial score (nSPS) is 17.3. The van der Waals surface area contributed by atoms with Crippen molar-refractivity contribution in [1.29, 1.82) is 0 Å². The Labute approximate surface area is 210 Å². The zero-order valence-corrected chi connectivity index (χ0v) is 20.5. The van der Waals surface area contributed by atoms with Crippen LogP contribution in [0.4, 0.5) is 5.95 Å². The highest BCUT2D eigenvalue weighted by Gasteiger charge is 2.48. The maximum Gasteiger partial charge on any atom is 0.321 e. The van der Waals surface area contributed by atoms with Gasteiger partial charge in [-0.2, -0.15) is 0 Å². The number of carbonyl (C=O) groups is 3. The van der Waals surface area contributed by atoms with Gasteiger partial charge in [0.05, 0.1) is 30.2 Å². The second-order valence-electron chi connectivity index (χ2n) is 8.21. The van der Waals surface area contributed by atoms with Crippen molar-refractivity contribution in [1.82, 2.24) is 9.55 Å². The van der Waals surface area contributed by atoms with Crippen molar-refractivity contribution in [2.45, 2.75) is 13.0 Å². The van der Waals surface area contributed by atoms with E-state index in [9.17, 15) is 14.4 Å². The van der Waals surface area contributed by atoms with Gasteiger partial charge in [-0.1, -0.05) is 70.5 Å². The molecule has 7 nitrogen and oxygen atoms in total. The molecule has 5 rings (SSSR count). The van der Waals surface area contributed by atoms with Gasteiger partial charge in [0, 0.05) is 10.0 Å². The molecule has 0 bridgehead atoms. The monoisotopic (exact) mass is 531 g/mol. The number of rotatable bonds is 6. The molecule has 176 valence electrons. The predicted octanol–water partition coefficient (Wildman–Crippen LogP) is 4.80. The minimum atomic E-state index is -1.17. The number of esters is 1. The molecule has 1 aliphatic heterocycles. The number of aromatic nitrogens is 2. The van der Waals surface area contributed by atoms with E-state index < -0.39 is 23.8 Å². The zero-order chi connectivity index (χ0) is 24.5. The Hall–Kier alpha value is -3.78. The lowest BCUT2D eigenvalue weighted by molar-refractivity contribution is -0.153. The summed E-state index contributed by atoms with van der Waals surface area (Å²) in [6.07, 6.45) is 0. The van der Waals surface area contributed by atoms with Crippen LogP contribution in [0, 0.1) is 5.92 Å². The summed E-state index contributed by atoms with van der Waals surface area (Å²) in [6.45, 7) is 1.59. The Bertz CT molecular complexity index is 1420. The molecule has 0 spiro atoms. The molecular formula is C27H22BrN3O4. The van der Waals surface area contributed by atoms with Gasteiger partial charge in [-0.15, -0.1) is 0 Å². The second kappa shape index (κ2) is 9.46. The van der Waals surface area contributed by atoms with Crippen molar-refractivity contribution in [3.63, 3.8) is 0 Å². The Balaban J connectivity index is 1.68. The Morgan fingerprint density at radius 2 is 1.66 bits per heavy atom. The van der Waals surface area contributed by atoms with Crippen LogP contribution in [0.15, 0.2) is 83.3 Å². The van der Waals surface area contributed by atoms with Crippen molar-refractivity contribution in [2.24, 2.45) is 5.92 Å². The Morgan fingerprint density at radius 1 is 0.971 bits per heavy atom. The summed E-state index contributed by atoms with van der Waals surface area (Å²) in [5.74, 6) is -2.23. The van der Waals surface area contributed by atoms with Crippen LogP contribution in [0.2, 0.25) is 0 Å². The molecule has 0 saturated heterocycles. The van der Waals surface area contributed by atoms with E-state index in [2.05, 4.69) is 15.9 Å². The number of ether oxygens (including phenoxy) is 1. The van der Waals surface area contributed by atoms with E-state index in [1.165, 1.54) is 4.90 Å². The number of para-hydroxylation sites is 2. The molecule has 0 saturated carbocycles. The number of ketones is 1. The molecule has 8 heteroatoms.